The first-order chi connectivity index (χ1) is 23.2. The van der Waals surface area contributed by atoms with Gasteiger partial charge in [-0.25, -0.2) is 0 Å². The molecule has 5 rings (SSSR count). The number of hydrogen-bond donors (Lipinski definition) is 3. The van der Waals surface area contributed by atoms with E-state index in [1.165, 1.54) is 24.8 Å². The minimum absolute atomic E-state index is 0.0770. The smallest absolute Gasteiger partial charge is 0.396 e. The van der Waals surface area contributed by atoms with E-state index in [0.29, 0.717) is 28.1 Å². The molecule has 0 bridgehead atoms. The lowest BCUT2D eigenvalue weighted by molar-refractivity contribution is -0.137. The molecule has 1 saturated heterocycles. The van der Waals surface area contributed by atoms with Crippen LogP contribution in [0.25, 0.3) is 11.3 Å². The molecule has 3 N–H and O–H groups in total. The number of anilines is 2. The topological polar surface area (TPSA) is 94.6 Å². The van der Waals surface area contributed by atoms with Crippen LogP contribution in [-0.2, 0) is 18.5 Å². The van der Waals surface area contributed by atoms with Gasteiger partial charge in [0.05, 0.1) is 16.9 Å². The zero-order valence-electron chi connectivity index (χ0n) is 26.6. The van der Waals surface area contributed by atoms with Crippen LogP contribution in [0.4, 0.5) is 24.5 Å². The van der Waals surface area contributed by atoms with Crippen LogP contribution in [0.1, 0.15) is 69.5 Å². The van der Waals surface area contributed by atoms with Crippen molar-refractivity contribution in [1.29, 1.82) is 0 Å². The van der Waals surface area contributed by atoms with Crippen LogP contribution in [-0.4, -0.2) is 47.4 Å². The maximum atomic E-state index is 13.5. The summed E-state index contributed by atoms with van der Waals surface area (Å²) in [5, 5.41) is 14.8. The maximum absolute atomic E-state index is 13.5. The van der Waals surface area contributed by atoms with Gasteiger partial charge in [-0.2, -0.15) is 24.9 Å². The van der Waals surface area contributed by atoms with Crippen LogP contribution in [0, 0.1) is 0 Å². The number of thioether (sulfide) groups is 1. The van der Waals surface area contributed by atoms with Gasteiger partial charge in [0.2, 0.25) is 0 Å². The highest BCUT2D eigenvalue weighted by Gasteiger charge is 2.30. The second-order valence-corrected chi connectivity index (χ2v) is 12.8. The summed E-state index contributed by atoms with van der Waals surface area (Å²) in [7, 11) is 0. The van der Waals surface area contributed by atoms with Crippen molar-refractivity contribution in [1.82, 2.24) is 10.3 Å². The molecule has 1 aliphatic heterocycles. The molecule has 7 nitrogen and oxygen atoms in total. The highest BCUT2D eigenvalue weighted by molar-refractivity contribution is 7.98. The summed E-state index contributed by atoms with van der Waals surface area (Å²) in [5.41, 5.74) is 4.05. The number of carbonyl (C=O) groups excluding carboxylic acids is 2. The van der Waals surface area contributed by atoms with E-state index in [1.54, 1.807) is 30.0 Å². The molecule has 0 aliphatic carbocycles. The average Bonchev–Trinajstić information content (AvgIpc) is 3.11. The van der Waals surface area contributed by atoms with Crippen molar-refractivity contribution in [3.63, 3.8) is 0 Å². The highest BCUT2D eigenvalue weighted by atomic mass is 32.2. The SMILES string of the molecule is O=C(NCc1cccc(C(F)(F)F)c1)c1ccnc(-c2cc(N3CCCCC3)ccc2NC(=O)c2cccc(CSCCCCO)c2)c1. The molecule has 252 valence electrons. The third kappa shape index (κ3) is 9.60. The van der Waals surface area contributed by atoms with Crippen molar-refractivity contribution in [3.8, 4) is 11.3 Å². The molecule has 2 amide bonds. The lowest BCUT2D eigenvalue weighted by Gasteiger charge is -2.29. The van der Waals surface area contributed by atoms with E-state index in [1.807, 2.05) is 36.4 Å². The van der Waals surface area contributed by atoms with Crippen LogP contribution in [0.2, 0.25) is 0 Å². The minimum atomic E-state index is -4.47. The number of hydrogen-bond acceptors (Lipinski definition) is 6. The predicted molar refractivity (Wildman–Crippen MR) is 185 cm³/mol. The molecule has 3 aromatic carbocycles. The van der Waals surface area contributed by atoms with E-state index in [4.69, 9.17) is 5.11 Å². The molecular weight excluding hydrogens is 637 g/mol. The summed E-state index contributed by atoms with van der Waals surface area (Å²) in [4.78, 5) is 33.5. The molecule has 1 fully saturated rings. The van der Waals surface area contributed by atoms with Gasteiger partial charge < -0.3 is 20.6 Å². The fourth-order valence-electron chi connectivity index (χ4n) is 5.57. The van der Waals surface area contributed by atoms with E-state index < -0.39 is 17.6 Å². The number of unbranched alkanes of at least 4 members (excludes halogenated alkanes) is 1. The Kier molecular flexibility index (Phi) is 12.1. The standard InChI is InChI=1S/C37H39F3N4O3S/c38-37(39,40)30-11-7-8-26(21-30)24-42-35(46)29-14-15-41-34(22-29)32-23-31(44-16-2-1-3-17-44)12-13-33(32)43-36(47)28-10-6-9-27(20-28)25-48-19-5-4-18-45/h6-15,20-23,45H,1-5,16-19,24-25H2,(H,42,46)(H,43,47). The summed E-state index contributed by atoms with van der Waals surface area (Å²) in [5.74, 6) is 0.956. The fraction of sp³-hybridized carbons (Fsp3) is 0.324. The van der Waals surface area contributed by atoms with Gasteiger partial charge in [0.1, 0.15) is 0 Å². The number of amides is 2. The second kappa shape index (κ2) is 16.7. The number of halogens is 3. The fourth-order valence-corrected chi connectivity index (χ4v) is 6.53. The molecule has 0 unspecified atom stereocenters. The van der Waals surface area contributed by atoms with Gasteiger partial charge in [-0.1, -0.05) is 24.3 Å². The van der Waals surface area contributed by atoms with E-state index in [2.05, 4.69) is 20.5 Å². The third-order valence-corrected chi connectivity index (χ3v) is 9.25. The van der Waals surface area contributed by atoms with Gasteiger partial charge in [0.15, 0.2) is 0 Å². The van der Waals surface area contributed by atoms with Crippen molar-refractivity contribution >= 4 is 35.0 Å². The number of alkyl halides is 3. The molecule has 4 aromatic rings. The van der Waals surface area contributed by atoms with Crippen LogP contribution in [0.3, 0.4) is 0 Å². The largest absolute Gasteiger partial charge is 0.416 e. The first-order valence-corrected chi connectivity index (χ1v) is 17.3. The zero-order valence-corrected chi connectivity index (χ0v) is 27.4. The van der Waals surface area contributed by atoms with Gasteiger partial charge in [0.25, 0.3) is 11.8 Å². The minimum Gasteiger partial charge on any atom is -0.396 e. The van der Waals surface area contributed by atoms with Crippen molar-refractivity contribution < 1.29 is 27.9 Å². The molecule has 1 aromatic heterocycles. The first kappa shape index (κ1) is 35.0. The van der Waals surface area contributed by atoms with Crippen molar-refractivity contribution in [3.05, 3.63) is 113 Å². The maximum Gasteiger partial charge on any atom is 0.416 e. The van der Waals surface area contributed by atoms with E-state index in [0.717, 1.165) is 73.7 Å². The summed E-state index contributed by atoms with van der Waals surface area (Å²) in [6.45, 7) is 1.95. The Bertz CT molecular complexity index is 1710. The van der Waals surface area contributed by atoms with Crippen molar-refractivity contribution in [2.45, 2.75) is 50.6 Å². The molecule has 11 heteroatoms. The molecule has 1 aliphatic rings. The van der Waals surface area contributed by atoms with Crippen LogP contribution in [0.15, 0.2) is 85.1 Å². The van der Waals surface area contributed by atoms with Gasteiger partial charge in [-0.15, -0.1) is 0 Å². The molecule has 48 heavy (non-hydrogen) atoms. The first-order valence-electron chi connectivity index (χ1n) is 16.1. The molecule has 0 saturated carbocycles. The molecule has 2 heterocycles. The number of nitrogens with zero attached hydrogens (tertiary/aromatic N) is 2. The van der Waals surface area contributed by atoms with Gasteiger partial charge in [-0.05, 0) is 104 Å². The number of rotatable bonds is 13. The summed E-state index contributed by atoms with van der Waals surface area (Å²) in [6.07, 6.45) is 2.10. The average molecular weight is 677 g/mol. The Morgan fingerprint density at radius 2 is 1.62 bits per heavy atom. The van der Waals surface area contributed by atoms with Crippen molar-refractivity contribution in [2.75, 3.05) is 35.7 Å². The molecule has 0 radical (unpaired) electrons. The van der Waals surface area contributed by atoms with E-state index in [9.17, 15) is 22.8 Å². The molecule has 0 spiro atoms. The third-order valence-electron chi connectivity index (χ3n) is 8.13. The molecular formula is C37H39F3N4O3S. The van der Waals surface area contributed by atoms with Crippen LogP contribution >= 0.6 is 11.8 Å². The van der Waals surface area contributed by atoms with Gasteiger partial charge in [0, 0.05) is 60.6 Å². The number of aliphatic hydroxyl groups is 1. The Morgan fingerprint density at radius 3 is 2.42 bits per heavy atom. The Balaban J connectivity index is 1.36. The Morgan fingerprint density at radius 1 is 0.854 bits per heavy atom. The lowest BCUT2D eigenvalue weighted by atomic mass is 10.0. The zero-order chi connectivity index (χ0) is 33.9. The van der Waals surface area contributed by atoms with Crippen molar-refractivity contribution in [2.24, 2.45) is 0 Å². The highest BCUT2D eigenvalue weighted by Crippen LogP contribution is 2.34. The lowest BCUT2D eigenvalue weighted by Crippen LogP contribution is -2.29. The number of pyridine rings is 1. The number of aromatic nitrogens is 1. The monoisotopic (exact) mass is 676 g/mol. The Labute approximate surface area is 283 Å². The summed E-state index contributed by atoms with van der Waals surface area (Å²) in [6, 6.07) is 21.4. The van der Waals surface area contributed by atoms with Gasteiger partial charge >= 0.3 is 6.18 Å². The Hall–Kier alpha value is -4.35. The van der Waals surface area contributed by atoms with Gasteiger partial charge in [-0.3, -0.25) is 14.6 Å². The number of carbonyl (C=O) groups is 2. The number of piperidine rings is 1. The normalized spacial score (nSPS) is 13.3. The van der Waals surface area contributed by atoms with Crippen LogP contribution in [0.5, 0.6) is 0 Å². The predicted octanol–water partition coefficient (Wildman–Crippen LogP) is 7.95. The summed E-state index contributed by atoms with van der Waals surface area (Å²) < 4.78 is 39.5. The second-order valence-electron chi connectivity index (χ2n) is 11.7. The van der Waals surface area contributed by atoms with E-state index >= 15 is 0 Å². The van der Waals surface area contributed by atoms with Crippen LogP contribution < -0.4 is 15.5 Å². The number of benzene rings is 3. The molecule has 0 atom stereocenters. The summed E-state index contributed by atoms with van der Waals surface area (Å²) >= 11 is 1.76. The number of aliphatic hydroxyl groups excluding tert-OH is 1. The quantitative estimate of drug-likeness (QED) is 0.125. The number of nitrogens with one attached hydrogen (secondary N) is 2. The van der Waals surface area contributed by atoms with E-state index in [-0.39, 0.29) is 24.6 Å².